The Morgan fingerprint density at radius 2 is 2.31 bits per heavy atom. The Labute approximate surface area is 94.3 Å². The van der Waals surface area contributed by atoms with E-state index in [0.717, 1.165) is 0 Å². The smallest absolute Gasteiger partial charge is 0.303 e. The van der Waals surface area contributed by atoms with Crippen molar-refractivity contribution in [3.05, 3.63) is 12.3 Å². The number of carboxylic acid groups (broad SMARTS) is 1. The van der Waals surface area contributed by atoms with Gasteiger partial charge in [-0.05, 0) is 12.5 Å². The van der Waals surface area contributed by atoms with Crippen LogP contribution in [-0.2, 0) is 4.79 Å². The predicted octanol–water partition coefficient (Wildman–Crippen LogP) is 0.819. The second-order valence-corrected chi connectivity index (χ2v) is 3.56. The van der Waals surface area contributed by atoms with Crippen molar-refractivity contribution in [1.82, 2.24) is 9.97 Å². The molecule has 0 atom stereocenters. The van der Waals surface area contributed by atoms with Gasteiger partial charge in [-0.2, -0.15) is 4.98 Å². The molecule has 1 aromatic rings. The van der Waals surface area contributed by atoms with Crippen LogP contribution in [0.4, 0.5) is 11.8 Å². The molecule has 0 amide bonds. The van der Waals surface area contributed by atoms with Gasteiger partial charge in [-0.25, -0.2) is 4.98 Å². The Morgan fingerprint density at radius 1 is 1.56 bits per heavy atom. The van der Waals surface area contributed by atoms with Crippen LogP contribution in [0.2, 0.25) is 0 Å². The van der Waals surface area contributed by atoms with Crippen LogP contribution in [0.5, 0.6) is 0 Å². The summed E-state index contributed by atoms with van der Waals surface area (Å²) in [5, 5.41) is 11.5. The van der Waals surface area contributed by atoms with E-state index in [1.54, 1.807) is 12.3 Å². The van der Waals surface area contributed by atoms with Crippen LogP contribution in [0.25, 0.3) is 0 Å². The highest BCUT2D eigenvalue weighted by Crippen LogP contribution is 2.07. The molecule has 0 aliphatic rings. The van der Waals surface area contributed by atoms with Crippen molar-refractivity contribution < 1.29 is 9.90 Å². The van der Waals surface area contributed by atoms with Crippen LogP contribution in [-0.4, -0.2) is 41.7 Å². The van der Waals surface area contributed by atoms with Crippen molar-refractivity contribution in [2.45, 2.75) is 12.8 Å². The molecule has 6 nitrogen and oxygen atoms in total. The minimum absolute atomic E-state index is 0.165. The minimum atomic E-state index is -0.779. The lowest BCUT2D eigenvalue weighted by Crippen LogP contribution is -2.14. The third kappa shape index (κ3) is 4.12. The SMILES string of the molecule is CN(C)c1nccc(NCCCC(=O)O)n1. The normalized spacial score (nSPS) is 9.88. The van der Waals surface area contributed by atoms with E-state index in [2.05, 4.69) is 15.3 Å². The average molecular weight is 224 g/mol. The molecule has 0 saturated heterocycles. The number of anilines is 2. The number of carbonyl (C=O) groups is 1. The van der Waals surface area contributed by atoms with Crippen molar-refractivity contribution in [2.75, 3.05) is 30.9 Å². The molecule has 6 heteroatoms. The van der Waals surface area contributed by atoms with Crippen molar-refractivity contribution in [1.29, 1.82) is 0 Å². The summed E-state index contributed by atoms with van der Waals surface area (Å²) in [6.07, 6.45) is 2.41. The van der Waals surface area contributed by atoms with E-state index in [4.69, 9.17) is 5.11 Å². The monoisotopic (exact) mass is 224 g/mol. The standard InChI is InChI=1S/C10H16N4O2/c1-14(2)10-12-7-5-8(13-10)11-6-3-4-9(15)16/h5,7H,3-4,6H2,1-2H3,(H,15,16)(H,11,12,13). The molecule has 0 radical (unpaired) electrons. The van der Waals surface area contributed by atoms with Gasteiger partial charge < -0.3 is 15.3 Å². The Morgan fingerprint density at radius 3 is 2.94 bits per heavy atom. The molecule has 0 aliphatic carbocycles. The fourth-order valence-electron chi connectivity index (χ4n) is 1.12. The third-order valence-electron chi connectivity index (χ3n) is 1.92. The molecule has 1 rings (SSSR count). The van der Waals surface area contributed by atoms with Gasteiger partial charge in [0.1, 0.15) is 5.82 Å². The fourth-order valence-corrected chi connectivity index (χ4v) is 1.12. The van der Waals surface area contributed by atoms with E-state index in [0.29, 0.717) is 24.7 Å². The van der Waals surface area contributed by atoms with Crippen molar-refractivity contribution in [2.24, 2.45) is 0 Å². The number of hydrogen-bond donors (Lipinski definition) is 2. The number of nitrogens with one attached hydrogen (secondary N) is 1. The fraction of sp³-hybridized carbons (Fsp3) is 0.500. The summed E-state index contributed by atoms with van der Waals surface area (Å²) in [6, 6.07) is 1.76. The van der Waals surface area contributed by atoms with Gasteiger partial charge in [0.15, 0.2) is 0 Å². The first-order chi connectivity index (χ1) is 7.59. The summed E-state index contributed by atoms with van der Waals surface area (Å²) in [6.45, 7) is 0.593. The average Bonchev–Trinajstić information content (AvgIpc) is 2.24. The lowest BCUT2D eigenvalue weighted by molar-refractivity contribution is -0.137. The maximum Gasteiger partial charge on any atom is 0.303 e. The second kappa shape index (κ2) is 5.89. The van der Waals surface area contributed by atoms with Crippen molar-refractivity contribution in [3.8, 4) is 0 Å². The van der Waals surface area contributed by atoms with Gasteiger partial charge in [0.05, 0.1) is 0 Å². The Kier molecular flexibility index (Phi) is 4.50. The van der Waals surface area contributed by atoms with E-state index in [9.17, 15) is 4.79 Å². The van der Waals surface area contributed by atoms with Crippen LogP contribution >= 0.6 is 0 Å². The molecular formula is C10H16N4O2. The van der Waals surface area contributed by atoms with Gasteiger partial charge in [-0.15, -0.1) is 0 Å². The highest BCUT2D eigenvalue weighted by Gasteiger charge is 2.01. The van der Waals surface area contributed by atoms with Crippen LogP contribution in [0.3, 0.4) is 0 Å². The molecule has 0 saturated carbocycles. The number of aromatic nitrogens is 2. The number of nitrogens with zero attached hydrogens (tertiary/aromatic N) is 3. The molecule has 1 aromatic heterocycles. The molecule has 88 valence electrons. The molecule has 0 bridgehead atoms. The van der Waals surface area contributed by atoms with Crippen molar-refractivity contribution in [3.63, 3.8) is 0 Å². The lowest BCUT2D eigenvalue weighted by atomic mass is 10.3. The summed E-state index contributed by atoms with van der Waals surface area (Å²) in [5.41, 5.74) is 0. The van der Waals surface area contributed by atoms with Crippen LogP contribution < -0.4 is 10.2 Å². The lowest BCUT2D eigenvalue weighted by Gasteiger charge is -2.11. The summed E-state index contributed by atoms with van der Waals surface area (Å²) in [4.78, 5) is 20.4. The zero-order valence-electron chi connectivity index (χ0n) is 9.47. The molecule has 0 unspecified atom stereocenters. The first-order valence-electron chi connectivity index (χ1n) is 5.05. The topological polar surface area (TPSA) is 78.4 Å². The quantitative estimate of drug-likeness (QED) is 0.696. The van der Waals surface area contributed by atoms with Gasteiger partial charge >= 0.3 is 5.97 Å². The predicted molar refractivity (Wildman–Crippen MR) is 61.7 cm³/mol. The van der Waals surface area contributed by atoms with E-state index < -0.39 is 5.97 Å². The van der Waals surface area contributed by atoms with Gasteiger partial charge in [0.25, 0.3) is 0 Å². The van der Waals surface area contributed by atoms with Gasteiger partial charge in [0, 0.05) is 33.3 Å². The molecule has 1 heterocycles. The summed E-state index contributed by atoms with van der Waals surface area (Å²) in [5.74, 6) is 0.561. The Balaban J connectivity index is 2.42. The number of carboxylic acids is 1. The van der Waals surface area contributed by atoms with Crippen LogP contribution in [0.1, 0.15) is 12.8 Å². The highest BCUT2D eigenvalue weighted by molar-refractivity contribution is 5.66. The Bertz CT molecular complexity index is 354. The molecule has 0 aliphatic heterocycles. The van der Waals surface area contributed by atoms with E-state index >= 15 is 0 Å². The third-order valence-corrected chi connectivity index (χ3v) is 1.92. The number of rotatable bonds is 6. The van der Waals surface area contributed by atoms with Gasteiger partial charge in [0.2, 0.25) is 5.95 Å². The Hall–Kier alpha value is -1.85. The highest BCUT2D eigenvalue weighted by atomic mass is 16.4. The first-order valence-corrected chi connectivity index (χ1v) is 5.05. The molecular weight excluding hydrogens is 208 g/mol. The van der Waals surface area contributed by atoms with E-state index in [1.165, 1.54) is 0 Å². The second-order valence-electron chi connectivity index (χ2n) is 3.56. The van der Waals surface area contributed by atoms with Gasteiger partial charge in [-0.3, -0.25) is 4.79 Å². The molecule has 0 spiro atoms. The zero-order chi connectivity index (χ0) is 12.0. The maximum atomic E-state index is 10.3. The van der Waals surface area contributed by atoms with Crippen molar-refractivity contribution >= 4 is 17.7 Å². The molecule has 2 N–H and O–H groups in total. The minimum Gasteiger partial charge on any atom is -0.481 e. The summed E-state index contributed by atoms with van der Waals surface area (Å²) < 4.78 is 0. The molecule has 0 fully saturated rings. The largest absolute Gasteiger partial charge is 0.481 e. The number of aliphatic carboxylic acids is 1. The first kappa shape index (κ1) is 12.2. The van der Waals surface area contributed by atoms with Crippen LogP contribution in [0, 0.1) is 0 Å². The van der Waals surface area contributed by atoms with Gasteiger partial charge in [-0.1, -0.05) is 0 Å². The van der Waals surface area contributed by atoms with Crippen LogP contribution in [0.15, 0.2) is 12.3 Å². The summed E-state index contributed by atoms with van der Waals surface area (Å²) >= 11 is 0. The molecule has 16 heavy (non-hydrogen) atoms. The number of hydrogen-bond acceptors (Lipinski definition) is 5. The molecule has 0 aromatic carbocycles. The van der Waals surface area contributed by atoms with E-state index in [-0.39, 0.29) is 6.42 Å². The van der Waals surface area contributed by atoms with E-state index in [1.807, 2.05) is 19.0 Å². The maximum absolute atomic E-state index is 10.3. The zero-order valence-corrected chi connectivity index (χ0v) is 9.47. The summed E-state index contributed by atoms with van der Waals surface area (Å²) in [7, 11) is 3.73.